The van der Waals surface area contributed by atoms with E-state index in [0.29, 0.717) is 11.4 Å². The lowest BCUT2D eigenvalue weighted by molar-refractivity contribution is -0.140. The van der Waals surface area contributed by atoms with Gasteiger partial charge in [-0.2, -0.15) is 0 Å². The van der Waals surface area contributed by atoms with Crippen molar-refractivity contribution >= 4 is 27.5 Å². The first kappa shape index (κ1) is 32.3. The van der Waals surface area contributed by atoms with Gasteiger partial charge in [-0.15, -0.1) is 0 Å². The van der Waals surface area contributed by atoms with Crippen LogP contribution in [0.1, 0.15) is 30.5 Å². The second-order valence-electron chi connectivity index (χ2n) is 10.9. The van der Waals surface area contributed by atoms with Crippen molar-refractivity contribution in [2.24, 2.45) is 0 Å². The van der Waals surface area contributed by atoms with Crippen molar-refractivity contribution in [2.45, 2.75) is 50.7 Å². The third-order valence-corrected chi connectivity index (χ3v) is 8.93. The fourth-order valence-electron chi connectivity index (χ4n) is 4.83. The molecule has 0 aliphatic carbocycles. The molecule has 2 amide bonds. The van der Waals surface area contributed by atoms with Crippen LogP contribution < -0.4 is 14.4 Å². The molecule has 1 N–H and O–H groups in total. The van der Waals surface area contributed by atoms with E-state index >= 15 is 0 Å². The summed E-state index contributed by atoms with van der Waals surface area (Å²) in [5.74, 6) is -0.280. The molecular formula is C35H39N3O5S. The Labute approximate surface area is 260 Å². The van der Waals surface area contributed by atoms with Gasteiger partial charge < -0.3 is 15.0 Å². The van der Waals surface area contributed by atoms with E-state index in [1.807, 2.05) is 81.4 Å². The van der Waals surface area contributed by atoms with Crippen LogP contribution in [0, 0.1) is 6.92 Å². The number of anilines is 1. The number of rotatable bonds is 13. The summed E-state index contributed by atoms with van der Waals surface area (Å²) in [5.41, 5.74) is 2.89. The lowest BCUT2D eigenvalue weighted by Gasteiger charge is -2.34. The van der Waals surface area contributed by atoms with Crippen molar-refractivity contribution in [3.8, 4) is 5.75 Å². The fourth-order valence-corrected chi connectivity index (χ4v) is 6.24. The molecule has 0 aromatic heterocycles. The molecule has 230 valence electrons. The fraction of sp³-hybridized carbons (Fsp3) is 0.257. The Morgan fingerprint density at radius 3 is 1.91 bits per heavy atom. The maximum absolute atomic E-state index is 14.4. The highest BCUT2D eigenvalue weighted by Crippen LogP contribution is 2.27. The van der Waals surface area contributed by atoms with E-state index in [4.69, 9.17) is 4.74 Å². The SMILES string of the molecule is COc1ccc(N(CC(=O)N(Cc2ccccc2)C(Cc2ccccc2)C(=O)NC(C)C)S(=O)(=O)c2ccc(C)cc2)cc1. The zero-order valence-corrected chi connectivity index (χ0v) is 26.3. The summed E-state index contributed by atoms with van der Waals surface area (Å²) in [5, 5.41) is 2.96. The Kier molecular flexibility index (Phi) is 10.8. The monoisotopic (exact) mass is 613 g/mol. The number of aryl methyl sites for hydroxylation is 1. The Balaban J connectivity index is 1.79. The van der Waals surface area contributed by atoms with Gasteiger partial charge in [0.1, 0.15) is 18.3 Å². The third-order valence-electron chi connectivity index (χ3n) is 7.15. The van der Waals surface area contributed by atoms with Crippen LogP contribution in [0.15, 0.2) is 114 Å². The minimum Gasteiger partial charge on any atom is -0.497 e. The zero-order valence-electron chi connectivity index (χ0n) is 25.5. The number of benzene rings is 4. The van der Waals surface area contributed by atoms with Gasteiger partial charge in [0, 0.05) is 19.0 Å². The summed E-state index contributed by atoms with van der Waals surface area (Å²) >= 11 is 0. The molecule has 0 spiro atoms. The van der Waals surface area contributed by atoms with Gasteiger partial charge in [-0.3, -0.25) is 13.9 Å². The number of nitrogens with one attached hydrogen (secondary N) is 1. The Morgan fingerprint density at radius 2 is 1.36 bits per heavy atom. The van der Waals surface area contributed by atoms with Crippen LogP contribution in [-0.2, 0) is 32.6 Å². The quantitative estimate of drug-likeness (QED) is 0.219. The predicted octanol–water partition coefficient (Wildman–Crippen LogP) is 5.36. The standard InChI is InChI=1S/C35H39N3O5S/c1-26(2)36-35(40)33(23-28-11-7-5-8-12-28)37(24-29-13-9-6-10-14-29)34(39)25-38(30-17-19-31(43-4)20-18-30)44(41,42)32-21-15-27(3)16-22-32/h5-22,26,33H,23-25H2,1-4H3,(H,36,40). The Hall–Kier alpha value is -4.63. The van der Waals surface area contributed by atoms with E-state index in [1.54, 1.807) is 36.4 Å². The van der Waals surface area contributed by atoms with Crippen LogP contribution in [0.3, 0.4) is 0 Å². The molecule has 4 aromatic rings. The van der Waals surface area contributed by atoms with E-state index in [0.717, 1.165) is 21.0 Å². The molecule has 0 radical (unpaired) electrons. The Bertz CT molecular complexity index is 1630. The van der Waals surface area contributed by atoms with E-state index < -0.39 is 28.5 Å². The van der Waals surface area contributed by atoms with Gasteiger partial charge in [-0.05, 0) is 68.3 Å². The molecule has 44 heavy (non-hydrogen) atoms. The number of ether oxygens (including phenoxy) is 1. The van der Waals surface area contributed by atoms with E-state index in [1.165, 1.54) is 24.1 Å². The van der Waals surface area contributed by atoms with Crippen LogP contribution in [0.5, 0.6) is 5.75 Å². The summed E-state index contributed by atoms with van der Waals surface area (Å²) in [6.07, 6.45) is 0.255. The summed E-state index contributed by atoms with van der Waals surface area (Å²) < 4.78 is 34.6. The first-order valence-electron chi connectivity index (χ1n) is 14.5. The van der Waals surface area contributed by atoms with Gasteiger partial charge in [0.25, 0.3) is 10.0 Å². The highest BCUT2D eigenvalue weighted by Gasteiger charge is 2.34. The van der Waals surface area contributed by atoms with Gasteiger partial charge in [-0.25, -0.2) is 8.42 Å². The number of sulfonamides is 1. The van der Waals surface area contributed by atoms with Crippen molar-refractivity contribution < 1.29 is 22.7 Å². The molecule has 4 aromatic carbocycles. The van der Waals surface area contributed by atoms with Crippen LogP contribution >= 0.6 is 0 Å². The lowest BCUT2D eigenvalue weighted by atomic mass is 10.0. The molecule has 0 saturated carbocycles. The lowest BCUT2D eigenvalue weighted by Crippen LogP contribution is -2.54. The molecular weight excluding hydrogens is 574 g/mol. The first-order chi connectivity index (χ1) is 21.1. The maximum atomic E-state index is 14.4. The molecule has 8 nitrogen and oxygen atoms in total. The van der Waals surface area contributed by atoms with Crippen molar-refractivity contribution in [2.75, 3.05) is 18.0 Å². The van der Waals surface area contributed by atoms with E-state index in [2.05, 4.69) is 5.32 Å². The summed E-state index contributed by atoms with van der Waals surface area (Å²) in [6.45, 7) is 5.19. The van der Waals surface area contributed by atoms with Crippen molar-refractivity contribution in [3.63, 3.8) is 0 Å². The van der Waals surface area contributed by atoms with Gasteiger partial charge in [0.2, 0.25) is 11.8 Å². The van der Waals surface area contributed by atoms with Crippen LogP contribution in [0.4, 0.5) is 5.69 Å². The number of amides is 2. The number of carbonyl (C=O) groups is 2. The first-order valence-corrected chi connectivity index (χ1v) is 15.9. The summed E-state index contributed by atoms with van der Waals surface area (Å²) in [4.78, 5) is 29.7. The van der Waals surface area contributed by atoms with Gasteiger partial charge in [0.05, 0.1) is 17.7 Å². The molecule has 0 aliphatic heterocycles. The second kappa shape index (κ2) is 14.7. The van der Waals surface area contributed by atoms with Crippen LogP contribution in [0.2, 0.25) is 0 Å². The summed E-state index contributed by atoms with van der Waals surface area (Å²) in [6, 6.07) is 30.8. The summed E-state index contributed by atoms with van der Waals surface area (Å²) in [7, 11) is -2.65. The van der Waals surface area contributed by atoms with Crippen LogP contribution in [-0.4, -0.2) is 50.9 Å². The molecule has 0 saturated heterocycles. The van der Waals surface area contributed by atoms with Crippen molar-refractivity contribution in [1.82, 2.24) is 10.2 Å². The van der Waals surface area contributed by atoms with Gasteiger partial charge >= 0.3 is 0 Å². The Morgan fingerprint density at radius 1 is 0.795 bits per heavy atom. The number of carbonyl (C=O) groups excluding carboxylic acids is 2. The number of hydrogen-bond acceptors (Lipinski definition) is 5. The van der Waals surface area contributed by atoms with E-state index in [-0.39, 0.29) is 29.8 Å². The molecule has 9 heteroatoms. The highest BCUT2D eigenvalue weighted by molar-refractivity contribution is 7.92. The van der Waals surface area contributed by atoms with Crippen LogP contribution in [0.25, 0.3) is 0 Å². The largest absolute Gasteiger partial charge is 0.497 e. The second-order valence-corrected chi connectivity index (χ2v) is 12.8. The molecule has 0 bridgehead atoms. The van der Waals surface area contributed by atoms with Crippen molar-refractivity contribution in [1.29, 1.82) is 0 Å². The smallest absolute Gasteiger partial charge is 0.264 e. The average Bonchev–Trinajstić information content (AvgIpc) is 3.02. The normalized spacial score (nSPS) is 11.9. The third kappa shape index (κ3) is 8.26. The van der Waals surface area contributed by atoms with Gasteiger partial charge in [0.15, 0.2) is 0 Å². The number of methoxy groups -OCH3 is 1. The van der Waals surface area contributed by atoms with Crippen molar-refractivity contribution in [3.05, 3.63) is 126 Å². The average molecular weight is 614 g/mol. The van der Waals surface area contributed by atoms with E-state index in [9.17, 15) is 18.0 Å². The molecule has 1 unspecified atom stereocenters. The zero-order chi connectivity index (χ0) is 31.7. The maximum Gasteiger partial charge on any atom is 0.264 e. The topological polar surface area (TPSA) is 96.0 Å². The molecule has 0 aliphatic rings. The minimum atomic E-state index is -4.17. The molecule has 0 fully saturated rings. The minimum absolute atomic E-state index is 0.0553. The predicted molar refractivity (Wildman–Crippen MR) is 173 cm³/mol. The number of hydrogen-bond donors (Lipinski definition) is 1. The molecule has 4 rings (SSSR count). The number of nitrogens with zero attached hydrogens (tertiary/aromatic N) is 2. The molecule has 1 atom stereocenters. The highest BCUT2D eigenvalue weighted by atomic mass is 32.2. The van der Waals surface area contributed by atoms with Gasteiger partial charge in [-0.1, -0.05) is 78.4 Å². The molecule has 0 heterocycles.